The van der Waals surface area contributed by atoms with Crippen molar-refractivity contribution in [2.24, 2.45) is 11.8 Å². The van der Waals surface area contributed by atoms with E-state index in [4.69, 9.17) is 14.2 Å². The first-order chi connectivity index (χ1) is 9.73. The molecule has 0 radical (unpaired) electrons. The van der Waals surface area contributed by atoms with E-state index in [2.05, 4.69) is 12.2 Å². The molecule has 5 nitrogen and oxygen atoms in total. The van der Waals surface area contributed by atoms with Gasteiger partial charge in [-0.05, 0) is 38.1 Å². The Morgan fingerprint density at radius 3 is 2.75 bits per heavy atom. The van der Waals surface area contributed by atoms with Crippen LogP contribution in [0.1, 0.15) is 32.6 Å². The van der Waals surface area contributed by atoms with Crippen LogP contribution < -0.4 is 5.32 Å². The van der Waals surface area contributed by atoms with Crippen molar-refractivity contribution in [3.8, 4) is 0 Å². The summed E-state index contributed by atoms with van der Waals surface area (Å²) in [5, 5.41) is 3.39. The fraction of sp³-hybridized carbons (Fsp3) is 0.933. The lowest BCUT2D eigenvalue weighted by Crippen LogP contribution is -2.58. The van der Waals surface area contributed by atoms with Crippen molar-refractivity contribution in [2.75, 3.05) is 40.1 Å². The van der Waals surface area contributed by atoms with E-state index in [-0.39, 0.29) is 5.97 Å². The Balaban J connectivity index is 1.91. The molecule has 0 aromatic heterocycles. The molecule has 1 aliphatic carbocycles. The van der Waals surface area contributed by atoms with E-state index in [1.165, 1.54) is 7.11 Å². The zero-order valence-corrected chi connectivity index (χ0v) is 12.7. The van der Waals surface area contributed by atoms with E-state index in [0.29, 0.717) is 25.0 Å². The molecule has 1 N–H and O–H groups in total. The predicted molar refractivity (Wildman–Crippen MR) is 75.5 cm³/mol. The summed E-state index contributed by atoms with van der Waals surface area (Å²) in [5.41, 5.74) is -0.649. The number of nitrogens with one attached hydrogen (secondary N) is 1. The Morgan fingerprint density at radius 2 is 2.20 bits per heavy atom. The van der Waals surface area contributed by atoms with E-state index in [9.17, 15) is 4.79 Å². The molecule has 0 aromatic rings. The van der Waals surface area contributed by atoms with Crippen LogP contribution in [0.15, 0.2) is 0 Å². The van der Waals surface area contributed by atoms with Gasteiger partial charge >= 0.3 is 5.97 Å². The number of rotatable bonds is 9. The molecule has 2 rings (SSSR count). The number of esters is 1. The van der Waals surface area contributed by atoms with Gasteiger partial charge < -0.3 is 14.2 Å². The summed E-state index contributed by atoms with van der Waals surface area (Å²) < 4.78 is 16.2. The highest BCUT2D eigenvalue weighted by Gasteiger charge is 2.51. The molecule has 116 valence electrons. The second-order valence-electron chi connectivity index (χ2n) is 5.91. The first-order valence-electron chi connectivity index (χ1n) is 7.72. The van der Waals surface area contributed by atoms with Gasteiger partial charge in [0.15, 0.2) is 0 Å². The van der Waals surface area contributed by atoms with Crippen molar-refractivity contribution < 1.29 is 19.0 Å². The highest BCUT2D eigenvalue weighted by molar-refractivity contribution is 5.82. The number of ether oxygens (including phenoxy) is 3. The fourth-order valence-corrected chi connectivity index (χ4v) is 2.82. The third kappa shape index (κ3) is 3.71. The SMILES string of the molecule is CCCNC(COCC1CCOC1)(C(=O)OC)C1CC1. The smallest absolute Gasteiger partial charge is 0.328 e. The minimum atomic E-state index is -0.649. The highest BCUT2D eigenvalue weighted by atomic mass is 16.5. The predicted octanol–water partition coefficient (Wildman–Crippen LogP) is 1.36. The Labute approximate surface area is 121 Å². The molecule has 1 aliphatic heterocycles. The number of methoxy groups -OCH3 is 1. The molecule has 0 aromatic carbocycles. The monoisotopic (exact) mass is 285 g/mol. The van der Waals surface area contributed by atoms with Crippen molar-refractivity contribution in [1.82, 2.24) is 5.32 Å². The van der Waals surface area contributed by atoms with Crippen LogP contribution >= 0.6 is 0 Å². The Kier molecular flexibility index (Phi) is 5.81. The van der Waals surface area contributed by atoms with E-state index in [1.807, 2.05) is 0 Å². The largest absolute Gasteiger partial charge is 0.468 e. The van der Waals surface area contributed by atoms with Gasteiger partial charge in [-0.15, -0.1) is 0 Å². The van der Waals surface area contributed by atoms with Crippen LogP contribution in [0.25, 0.3) is 0 Å². The first-order valence-corrected chi connectivity index (χ1v) is 7.72. The van der Waals surface area contributed by atoms with Crippen LogP contribution in [-0.4, -0.2) is 51.6 Å². The molecule has 20 heavy (non-hydrogen) atoms. The van der Waals surface area contributed by atoms with Crippen molar-refractivity contribution in [3.63, 3.8) is 0 Å². The molecule has 2 fully saturated rings. The summed E-state index contributed by atoms with van der Waals surface area (Å²) in [5.74, 6) is 0.633. The van der Waals surface area contributed by atoms with Crippen LogP contribution in [0.4, 0.5) is 0 Å². The molecule has 2 aliphatic rings. The van der Waals surface area contributed by atoms with Gasteiger partial charge in [0.1, 0.15) is 5.54 Å². The third-order valence-corrected chi connectivity index (χ3v) is 4.22. The molecule has 1 saturated carbocycles. The molecular weight excluding hydrogens is 258 g/mol. The topological polar surface area (TPSA) is 56.8 Å². The summed E-state index contributed by atoms with van der Waals surface area (Å²) in [6, 6.07) is 0. The molecule has 2 unspecified atom stereocenters. The molecule has 0 amide bonds. The molecule has 0 bridgehead atoms. The number of carbonyl (C=O) groups excluding carboxylic acids is 1. The maximum atomic E-state index is 12.3. The molecule has 1 heterocycles. The van der Waals surface area contributed by atoms with Gasteiger partial charge in [0.25, 0.3) is 0 Å². The van der Waals surface area contributed by atoms with Gasteiger partial charge in [-0.1, -0.05) is 6.92 Å². The van der Waals surface area contributed by atoms with Gasteiger partial charge in [0.05, 0.1) is 26.9 Å². The van der Waals surface area contributed by atoms with Crippen molar-refractivity contribution in [1.29, 1.82) is 0 Å². The van der Waals surface area contributed by atoms with Gasteiger partial charge in [0, 0.05) is 12.5 Å². The zero-order valence-electron chi connectivity index (χ0n) is 12.7. The molecule has 5 heteroatoms. The quantitative estimate of drug-likeness (QED) is 0.648. The molecular formula is C15H27NO4. The second-order valence-corrected chi connectivity index (χ2v) is 5.91. The maximum absolute atomic E-state index is 12.3. The lowest BCUT2D eigenvalue weighted by Gasteiger charge is -2.32. The standard InChI is InChI=1S/C15H27NO4/c1-3-7-16-15(13-4-5-13,14(17)18-2)11-20-10-12-6-8-19-9-12/h12-13,16H,3-11H2,1-2H3. The zero-order chi connectivity index (χ0) is 14.4. The van der Waals surface area contributed by atoms with Crippen LogP contribution in [0.5, 0.6) is 0 Å². The second kappa shape index (κ2) is 7.38. The van der Waals surface area contributed by atoms with Crippen molar-refractivity contribution in [3.05, 3.63) is 0 Å². The molecule has 2 atom stereocenters. The lowest BCUT2D eigenvalue weighted by molar-refractivity contribution is -0.153. The molecule has 0 spiro atoms. The Bertz CT molecular complexity index is 313. The summed E-state index contributed by atoms with van der Waals surface area (Å²) >= 11 is 0. The lowest BCUT2D eigenvalue weighted by atomic mass is 9.93. The van der Waals surface area contributed by atoms with E-state index in [0.717, 1.165) is 45.4 Å². The average Bonchev–Trinajstić information content (AvgIpc) is 3.20. The number of hydrogen-bond donors (Lipinski definition) is 1. The number of hydrogen-bond acceptors (Lipinski definition) is 5. The maximum Gasteiger partial charge on any atom is 0.328 e. The van der Waals surface area contributed by atoms with Gasteiger partial charge in [-0.2, -0.15) is 0 Å². The Morgan fingerprint density at radius 1 is 1.40 bits per heavy atom. The van der Waals surface area contributed by atoms with Gasteiger partial charge in [0.2, 0.25) is 0 Å². The van der Waals surface area contributed by atoms with Crippen LogP contribution in [-0.2, 0) is 19.0 Å². The summed E-state index contributed by atoms with van der Waals surface area (Å²) in [4.78, 5) is 12.3. The fourth-order valence-electron chi connectivity index (χ4n) is 2.82. The summed E-state index contributed by atoms with van der Waals surface area (Å²) in [6.07, 6.45) is 4.18. The Hall–Kier alpha value is -0.650. The van der Waals surface area contributed by atoms with Gasteiger partial charge in [-0.25, -0.2) is 4.79 Å². The summed E-state index contributed by atoms with van der Waals surface area (Å²) in [7, 11) is 1.46. The average molecular weight is 285 g/mol. The van der Waals surface area contributed by atoms with E-state index >= 15 is 0 Å². The van der Waals surface area contributed by atoms with Crippen LogP contribution in [0.3, 0.4) is 0 Å². The summed E-state index contributed by atoms with van der Waals surface area (Å²) in [6.45, 7) is 5.57. The third-order valence-electron chi connectivity index (χ3n) is 4.22. The van der Waals surface area contributed by atoms with Crippen molar-refractivity contribution >= 4 is 5.97 Å². The molecule has 1 saturated heterocycles. The van der Waals surface area contributed by atoms with Crippen LogP contribution in [0, 0.1) is 11.8 Å². The highest BCUT2D eigenvalue weighted by Crippen LogP contribution is 2.41. The minimum absolute atomic E-state index is 0.184. The van der Waals surface area contributed by atoms with Crippen LogP contribution in [0.2, 0.25) is 0 Å². The van der Waals surface area contributed by atoms with E-state index < -0.39 is 5.54 Å². The first kappa shape index (κ1) is 15.7. The van der Waals surface area contributed by atoms with E-state index in [1.54, 1.807) is 0 Å². The minimum Gasteiger partial charge on any atom is -0.468 e. The van der Waals surface area contributed by atoms with Crippen molar-refractivity contribution in [2.45, 2.75) is 38.1 Å². The number of carbonyl (C=O) groups is 1. The normalized spacial score (nSPS) is 25.4. The van der Waals surface area contributed by atoms with Gasteiger partial charge in [-0.3, -0.25) is 5.32 Å².